The molecule has 0 saturated heterocycles. The molecule has 0 atom stereocenters. The fourth-order valence-corrected chi connectivity index (χ4v) is 1.90. The van der Waals surface area contributed by atoms with E-state index in [1.165, 1.54) is 4.90 Å². The number of hydrogen-bond donors (Lipinski definition) is 1. The molecule has 0 aromatic heterocycles. The average molecular weight is 308 g/mol. The van der Waals surface area contributed by atoms with Crippen molar-refractivity contribution in [3.05, 3.63) is 23.8 Å². The van der Waals surface area contributed by atoms with Crippen molar-refractivity contribution in [1.82, 2.24) is 10.2 Å². The van der Waals surface area contributed by atoms with Gasteiger partial charge in [-0.3, -0.25) is 9.59 Å². The maximum Gasteiger partial charge on any atom is 0.222 e. The van der Waals surface area contributed by atoms with Crippen LogP contribution in [0.5, 0.6) is 11.5 Å². The molecule has 0 radical (unpaired) electrons. The molecule has 0 aliphatic carbocycles. The van der Waals surface area contributed by atoms with Gasteiger partial charge in [0, 0.05) is 33.5 Å². The minimum absolute atomic E-state index is 0.0349. The first-order valence-corrected chi connectivity index (χ1v) is 7.15. The molecule has 0 heterocycles. The summed E-state index contributed by atoms with van der Waals surface area (Å²) in [5, 5.41) is 2.83. The van der Waals surface area contributed by atoms with Crippen LogP contribution in [-0.2, 0) is 16.1 Å². The number of carbonyl (C=O) groups is 2. The molecule has 0 spiro atoms. The third-order valence-electron chi connectivity index (χ3n) is 3.23. The van der Waals surface area contributed by atoms with Crippen LogP contribution in [0, 0.1) is 0 Å². The second-order valence-corrected chi connectivity index (χ2v) is 5.11. The zero-order valence-electron chi connectivity index (χ0n) is 13.6. The first-order valence-electron chi connectivity index (χ1n) is 7.15. The standard InChI is InChI=1S/C16H24N2O4/c1-18(2)16(20)7-5-6-15(19)17-11-12-8-9-13(21-3)14(10-12)22-4/h8-10H,5-7,11H2,1-4H3,(H,17,19). The molecule has 0 aliphatic rings. The Balaban J connectivity index is 2.39. The summed E-state index contributed by atoms with van der Waals surface area (Å²) < 4.78 is 10.4. The van der Waals surface area contributed by atoms with E-state index in [2.05, 4.69) is 5.32 Å². The van der Waals surface area contributed by atoms with Crippen LogP contribution < -0.4 is 14.8 Å². The Morgan fingerprint density at radius 2 is 1.77 bits per heavy atom. The fraction of sp³-hybridized carbons (Fsp3) is 0.500. The van der Waals surface area contributed by atoms with Crippen LogP contribution >= 0.6 is 0 Å². The quantitative estimate of drug-likeness (QED) is 0.792. The van der Waals surface area contributed by atoms with Crippen molar-refractivity contribution in [2.45, 2.75) is 25.8 Å². The number of nitrogens with zero attached hydrogens (tertiary/aromatic N) is 1. The largest absolute Gasteiger partial charge is 0.493 e. The van der Waals surface area contributed by atoms with Crippen LogP contribution in [0.4, 0.5) is 0 Å². The number of ether oxygens (including phenoxy) is 2. The average Bonchev–Trinajstić information content (AvgIpc) is 2.52. The van der Waals surface area contributed by atoms with Crippen molar-refractivity contribution >= 4 is 11.8 Å². The minimum Gasteiger partial charge on any atom is -0.493 e. The van der Waals surface area contributed by atoms with Gasteiger partial charge in [-0.05, 0) is 24.1 Å². The lowest BCUT2D eigenvalue weighted by Crippen LogP contribution is -2.24. The van der Waals surface area contributed by atoms with Crippen LogP contribution in [0.3, 0.4) is 0 Å². The zero-order chi connectivity index (χ0) is 16.5. The lowest BCUT2D eigenvalue weighted by Gasteiger charge is -2.11. The first kappa shape index (κ1) is 17.8. The Morgan fingerprint density at radius 3 is 2.36 bits per heavy atom. The van der Waals surface area contributed by atoms with Crippen LogP contribution in [-0.4, -0.2) is 45.0 Å². The van der Waals surface area contributed by atoms with Crippen LogP contribution in [0.25, 0.3) is 0 Å². The van der Waals surface area contributed by atoms with Crippen LogP contribution in [0.15, 0.2) is 18.2 Å². The van der Waals surface area contributed by atoms with Gasteiger partial charge in [0.15, 0.2) is 11.5 Å². The van der Waals surface area contributed by atoms with Gasteiger partial charge in [0.05, 0.1) is 14.2 Å². The Labute approximate surface area is 131 Å². The number of carbonyl (C=O) groups excluding carboxylic acids is 2. The molecule has 0 unspecified atom stereocenters. The van der Waals surface area contributed by atoms with Gasteiger partial charge in [-0.25, -0.2) is 0 Å². The second-order valence-electron chi connectivity index (χ2n) is 5.11. The topological polar surface area (TPSA) is 67.9 Å². The molecule has 1 rings (SSSR count). The van der Waals surface area contributed by atoms with Gasteiger partial charge in [-0.1, -0.05) is 6.07 Å². The van der Waals surface area contributed by atoms with E-state index in [9.17, 15) is 9.59 Å². The number of amides is 2. The fourth-order valence-electron chi connectivity index (χ4n) is 1.90. The maximum absolute atomic E-state index is 11.8. The second kappa shape index (κ2) is 8.92. The summed E-state index contributed by atoms with van der Waals surface area (Å²) in [6.07, 6.45) is 1.28. The van der Waals surface area contributed by atoms with E-state index in [0.717, 1.165) is 5.56 Å². The monoisotopic (exact) mass is 308 g/mol. The third kappa shape index (κ3) is 5.63. The molecule has 6 nitrogen and oxygen atoms in total. The molecule has 1 aromatic carbocycles. The maximum atomic E-state index is 11.8. The highest BCUT2D eigenvalue weighted by molar-refractivity contribution is 5.78. The van der Waals surface area contributed by atoms with Gasteiger partial charge in [0.25, 0.3) is 0 Å². The molecule has 1 aromatic rings. The summed E-state index contributed by atoms with van der Waals surface area (Å²) in [7, 11) is 6.56. The lowest BCUT2D eigenvalue weighted by atomic mass is 10.2. The normalized spacial score (nSPS) is 10.0. The minimum atomic E-state index is -0.0682. The van der Waals surface area contributed by atoms with E-state index >= 15 is 0 Å². The summed E-state index contributed by atoms with van der Waals surface area (Å²) in [6, 6.07) is 5.50. The Kier molecular flexibility index (Phi) is 7.22. The molecule has 2 amide bonds. The Hall–Kier alpha value is -2.24. The van der Waals surface area contributed by atoms with Gasteiger partial charge in [0.2, 0.25) is 11.8 Å². The van der Waals surface area contributed by atoms with E-state index < -0.39 is 0 Å². The van der Waals surface area contributed by atoms with E-state index in [1.54, 1.807) is 34.4 Å². The number of benzene rings is 1. The van der Waals surface area contributed by atoms with Crippen molar-refractivity contribution < 1.29 is 19.1 Å². The Morgan fingerprint density at radius 1 is 1.09 bits per heavy atom. The van der Waals surface area contributed by atoms with Crippen molar-refractivity contribution in [3.63, 3.8) is 0 Å². The van der Waals surface area contributed by atoms with E-state index in [-0.39, 0.29) is 11.8 Å². The van der Waals surface area contributed by atoms with E-state index in [0.29, 0.717) is 37.3 Å². The molecule has 0 saturated carbocycles. The van der Waals surface area contributed by atoms with Gasteiger partial charge in [-0.2, -0.15) is 0 Å². The smallest absolute Gasteiger partial charge is 0.222 e. The van der Waals surface area contributed by atoms with Gasteiger partial charge < -0.3 is 19.7 Å². The summed E-state index contributed by atoms with van der Waals surface area (Å²) in [4.78, 5) is 24.7. The predicted octanol–water partition coefficient (Wildman–Crippen LogP) is 1.58. The molecule has 6 heteroatoms. The van der Waals surface area contributed by atoms with E-state index in [1.807, 2.05) is 12.1 Å². The Bertz CT molecular complexity index is 515. The number of nitrogens with one attached hydrogen (secondary N) is 1. The molecular formula is C16H24N2O4. The predicted molar refractivity (Wildman–Crippen MR) is 83.9 cm³/mol. The molecular weight excluding hydrogens is 284 g/mol. The molecule has 1 N–H and O–H groups in total. The van der Waals surface area contributed by atoms with Crippen molar-refractivity contribution in [2.24, 2.45) is 0 Å². The van der Waals surface area contributed by atoms with Gasteiger partial charge in [0.1, 0.15) is 0 Å². The van der Waals surface area contributed by atoms with Crippen molar-refractivity contribution in [3.8, 4) is 11.5 Å². The number of rotatable bonds is 8. The third-order valence-corrected chi connectivity index (χ3v) is 3.23. The number of methoxy groups -OCH3 is 2. The molecule has 122 valence electrons. The highest BCUT2D eigenvalue weighted by Gasteiger charge is 2.08. The van der Waals surface area contributed by atoms with Crippen LogP contribution in [0.1, 0.15) is 24.8 Å². The van der Waals surface area contributed by atoms with Gasteiger partial charge >= 0.3 is 0 Å². The van der Waals surface area contributed by atoms with Gasteiger partial charge in [-0.15, -0.1) is 0 Å². The van der Waals surface area contributed by atoms with Crippen LogP contribution in [0.2, 0.25) is 0 Å². The lowest BCUT2D eigenvalue weighted by molar-refractivity contribution is -0.129. The SMILES string of the molecule is COc1ccc(CNC(=O)CCCC(=O)N(C)C)cc1OC. The van der Waals surface area contributed by atoms with Crippen molar-refractivity contribution in [1.29, 1.82) is 0 Å². The highest BCUT2D eigenvalue weighted by Crippen LogP contribution is 2.27. The van der Waals surface area contributed by atoms with Crippen molar-refractivity contribution in [2.75, 3.05) is 28.3 Å². The highest BCUT2D eigenvalue weighted by atomic mass is 16.5. The zero-order valence-corrected chi connectivity index (χ0v) is 13.6. The molecule has 0 bridgehead atoms. The molecule has 22 heavy (non-hydrogen) atoms. The number of hydrogen-bond acceptors (Lipinski definition) is 4. The molecule has 0 aliphatic heterocycles. The first-order chi connectivity index (χ1) is 10.5. The molecule has 0 fully saturated rings. The summed E-state index contributed by atoms with van der Waals surface area (Å²) in [5.74, 6) is 1.25. The summed E-state index contributed by atoms with van der Waals surface area (Å²) in [6.45, 7) is 0.417. The summed E-state index contributed by atoms with van der Waals surface area (Å²) >= 11 is 0. The summed E-state index contributed by atoms with van der Waals surface area (Å²) in [5.41, 5.74) is 0.926. The van der Waals surface area contributed by atoms with E-state index in [4.69, 9.17) is 9.47 Å².